The van der Waals surface area contributed by atoms with Gasteiger partial charge in [-0.1, -0.05) is 0 Å². The summed E-state index contributed by atoms with van der Waals surface area (Å²) in [5.74, 6) is -2.55. The monoisotopic (exact) mass is 888 g/mol. The van der Waals surface area contributed by atoms with Crippen LogP contribution in [0.1, 0.15) is 6.92 Å². The van der Waals surface area contributed by atoms with Crippen LogP contribution in [-0.4, -0.2) is 208 Å². The van der Waals surface area contributed by atoms with E-state index in [1.165, 1.54) is 31.2 Å². The summed E-state index contributed by atoms with van der Waals surface area (Å²) in [4.78, 5) is 14.2. The number of hydrogen-bond donors (Lipinski definition) is 14. The van der Waals surface area contributed by atoms with Crippen molar-refractivity contribution in [3.63, 3.8) is 0 Å². The molecule has 2 aromatic carbocycles. The van der Waals surface area contributed by atoms with E-state index >= 15 is 0 Å². The molecule has 4 aliphatic rings. The topological polar surface area (TPSA) is 387 Å². The first kappa shape index (κ1) is 46.1. The van der Waals surface area contributed by atoms with Crippen LogP contribution in [0.2, 0.25) is 0 Å². The van der Waals surface area contributed by atoms with Gasteiger partial charge in [0.1, 0.15) is 108 Å². The van der Waals surface area contributed by atoms with E-state index in [-0.39, 0.29) is 22.7 Å². The van der Waals surface area contributed by atoms with Crippen molar-refractivity contribution in [3.8, 4) is 34.3 Å². The van der Waals surface area contributed by atoms with Crippen LogP contribution < -0.4 is 10.2 Å². The summed E-state index contributed by atoms with van der Waals surface area (Å²) in [5.41, 5.74) is -1.33. The van der Waals surface area contributed by atoms with Crippen LogP contribution in [0.25, 0.3) is 22.3 Å². The molecule has 4 saturated heterocycles. The van der Waals surface area contributed by atoms with Gasteiger partial charge < -0.3 is 114 Å². The molecule has 0 spiro atoms. The zero-order valence-electron chi connectivity index (χ0n) is 32.4. The molecule has 1 aromatic heterocycles. The van der Waals surface area contributed by atoms with E-state index in [9.17, 15) is 76.3 Å². The Morgan fingerprint density at radius 2 is 1.29 bits per heavy atom. The molecule has 19 atom stereocenters. The highest BCUT2D eigenvalue weighted by Gasteiger charge is 2.53. The van der Waals surface area contributed by atoms with Crippen molar-refractivity contribution in [1.29, 1.82) is 0 Å². The Morgan fingerprint density at radius 3 is 1.98 bits per heavy atom. The Hall–Kier alpha value is -3.87. The van der Waals surface area contributed by atoms with Crippen molar-refractivity contribution in [2.45, 2.75) is 124 Å². The Balaban J connectivity index is 1.20. The van der Waals surface area contributed by atoms with Gasteiger partial charge in [0.05, 0.1) is 25.9 Å². The smallest absolute Gasteiger partial charge is 0.239 e. The lowest BCUT2D eigenvalue weighted by atomic mass is 9.97. The normalized spacial score (nSPS) is 40.4. The van der Waals surface area contributed by atoms with Gasteiger partial charge >= 0.3 is 0 Å². The minimum Gasteiger partial charge on any atom is -0.508 e. The van der Waals surface area contributed by atoms with Gasteiger partial charge in [0.15, 0.2) is 30.7 Å². The maximum absolute atomic E-state index is 14.2. The quantitative estimate of drug-likeness (QED) is 0.0856. The second kappa shape index (κ2) is 18.7. The van der Waals surface area contributed by atoms with Crippen molar-refractivity contribution in [1.82, 2.24) is 0 Å². The molecule has 4 aliphatic heterocycles. The molecular formula is C38H48O24. The van der Waals surface area contributed by atoms with Gasteiger partial charge in [-0.05, 0) is 31.2 Å². The Kier molecular flexibility index (Phi) is 13.9. The average molecular weight is 889 g/mol. The minimum absolute atomic E-state index is 0.0793. The maximum Gasteiger partial charge on any atom is 0.239 e. The van der Waals surface area contributed by atoms with Crippen LogP contribution in [0, 0.1) is 0 Å². The maximum atomic E-state index is 14.2. The Bertz CT molecular complexity index is 2050. The van der Waals surface area contributed by atoms with E-state index in [2.05, 4.69) is 0 Å². The first-order valence-corrected chi connectivity index (χ1v) is 19.3. The molecule has 0 amide bonds. The number of fused-ring (bicyclic) bond motifs is 1. The molecule has 0 bridgehead atoms. The van der Waals surface area contributed by atoms with Gasteiger partial charge in [-0.3, -0.25) is 4.79 Å². The predicted molar refractivity (Wildman–Crippen MR) is 198 cm³/mol. The Labute approximate surface area is 349 Å². The molecule has 4 fully saturated rings. The molecule has 5 heterocycles. The number of hydrogen-bond acceptors (Lipinski definition) is 24. The average Bonchev–Trinajstić information content (AvgIpc) is 3.23. The third kappa shape index (κ3) is 8.94. The number of phenolic OH excluding ortho intramolecular Hbond substituents is 3. The first-order chi connectivity index (χ1) is 29.4. The first-order valence-electron chi connectivity index (χ1n) is 19.3. The van der Waals surface area contributed by atoms with Gasteiger partial charge in [-0.25, -0.2) is 0 Å². The molecule has 14 N–H and O–H groups in total. The summed E-state index contributed by atoms with van der Waals surface area (Å²) in [7, 11) is 0. The zero-order chi connectivity index (χ0) is 44.9. The third-order valence-corrected chi connectivity index (χ3v) is 11.0. The van der Waals surface area contributed by atoms with E-state index in [1.54, 1.807) is 0 Å². The lowest BCUT2D eigenvalue weighted by Gasteiger charge is -2.46. The van der Waals surface area contributed by atoms with Crippen LogP contribution in [0.5, 0.6) is 23.0 Å². The molecule has 62 heavy (non-hydrogen) atoms. The molecule has 344 valence electrons. The van der Waals surface area contributed by atoms with E-state index in [0.29, 0.717) is 0 Å². The van der Waals surface area contributed by atoms with Gasteiger partial charge in [-0.2, -0.15) is 0 Å². The fraction of sp³-hybridized carbons (Fsp3) is 0.605. The minimum atomic E-state index is -2.13. The second-order valence-electron chi connectivity index (χ2n) is 15.3. The highest BCUT2D eigenvalue weighted by molar-refractivity contribution is 5.88. The summed E-state index contributed by atoms with van der Waals surface area (Å²) in [6, 6.07) is 6.95. The van der Waals surface area contributed by atoms with Gasteiger partial charge in [-0.15, -0.1) is 0 Å². The predicted octanol–water partition coefficient (Wildman–Crippen LogP) is -5.11. The van der Waals surface area contributed by atoms with Gasteiger partial charge in [0.25, 0.3) is 0 Å². The molecule has 24 nitrogen and oxygen atoms in total. The second-order valence-corrected chi connectivity index (χ2v) is 15.3. The van der Waals surface area contributed by atoms with Crippen molar-refractivity contribution >= 4 is 11.0 Å². The van der Waals surface area contributed by atoms with Crippen LogP contribution in [-0.2, 0) is 33.2 Å². The molecule has 3 aromatic rings. The SMILES string of the molecule is CC1O[C@@H](OCC2O[C@@H](Oc3c(-c4ccc(O)cc4)oc4cc(O)cc(O)c4c3=O)C(O[C@@H]3OC(CO)[C@@H](O)[C@@H](O)C3O)[C@H](O)[C@H]2O)C(O)[C@@H](O[C@@H]2OC[C@@H](O)[C@@H](O)C2O)[C@H]1O. The van der Waals surface area contributed by atoms with Crippen molar-refractivity contribution in [2.75, 3.05) is 19.8 Å². The fourth-order valence-electron chi connectivity index (χ4n) is 7.45. The number of aromatic hydroxyl groups is 3. The zero-order valence-corrected chi connectivity index (χ0v) is 32.4. The van der Waals surface area contributed by atoms with E-state index < -0.39 is 165 Å². The third-order valence-electron chi connectivity index (χ3n) is 11.0. The van der Waals surface area contributed by atoms with Gasteiger partial charge in [0.2, 0.25) is 17.5 Å². The lowest BCUT2D eigenvalue weighted by Crippen LogP contribution is -2.65. The van der Waals surface area contributed by atoms with E-state index in [4.69, 9.17) is 42.3 Å². The summed E-state index contributed by atoms with van der Waals surface area (Å²) in [5, 5.41) is 147. The number of aliphatic hydroxyl groups is 11. The van der Waals surface area contributed by atoms with Crippen molar-refractivity contribution < 1.29 is 114 Å². The molecule has 0 radical (unpaired) electrons. The van der Waals surface area contributed by atoms with E-state index in [0.717, 1.165) is 12.1 Å². The summed E-state index contributed by atoms with van der Waals surface area (Å²) in [6.07, 6.45) is -33.7. The summed E-state index contributed by atoms with van der Waals surface area (Å²) >= 11 is 0. The van der Waals surface area contributed by atoms with Crippen molar-refractivity contribution in [3.05, 3.63) is 46.6 Å². The Morgan fingerprint density at radius 1 is 0.645 bits per heavy atom. The molecule has 0 aliphatic carbocycles. The van der Waals surface area contributed by atoms with Crippen molar-refractivity contribution in [2.24, 2.45) is 0 Å². The highest BCUT2D eigenvalue weighted by Crippen LogP contribution is 2.39. The van der Waals surface area contributed by atoms with Crippen LogP contribution in [0.3, 0.4) is 0 Å². The fourth-order valence-corrected chi connectivity index (χ4v) is 7.45. The number of rotatable bonds is 11. The lowest BCUT2D eigenvalue weighted by molar-refractivity contribution is -0.366. The number of benzene rings is 2. The standard InChI is InChI=1S/C38H48O24/c1-11-21(44)32(60-35-28(51)22(45)16(43)9-54-35)30(53)36(56-11)55-10-19-24(47)27(50)34(62-37-29(52)26(49)23(46)18(8-39)58-37)38(59-19)61-33-25(48)20-15(42)6-14(41)7-17(20)57-31(33)12-2-4-13(40)5-3-12/h2-7,11,16,18-19,21-24,26-30,32,34-47,49-53H,8-10H2,1H3/t11?,16-,18?,19?,21+,22-,23-,24+,26-,27-,28?,29?,30?,32+,34?,35+,36-,37+,38+/m1/s1. The van der Waals surface area contributed by atoms with Crippen LogP contribution in [0.15, 0.2) is 45.6 Å². The van der Waals surface area contributed by atoms with Crippen LogP contribution >= 0.6 is 0 Å². The van der Waals surface area contributed by atoms with E-state index in [1.807, 2.05) is 0 Å². The molecule has 0 saturated carbocycles. The van der Waals surface area contributed by atoms with Gasteiger partial charge in [0, 0.05) is 17.7 Å². The summed E-state index contributed by atoms with van der Waals surface area (Å²) in [6.45, 7) is -0.743. The summed E-state index contributed by atoms with van der Waals surface area (Å²) < 4.78 is 51.5. The molecule has 24 heteroatoms. The largest absolute Gasteiger partial charge is 0.508 e. The highest BCUT2D eigenvalue weighted by atomic mass is 16.8. The number of ether oxygens (including phenoxy) is 8. The number of phenols is 3. The number of aliphatic hydroxyl groups excluding tert-OH is 11. The molecular weight excluding hydrogens is 840 g/mol. The molecule has 7 rings (SSSR count). The molecule has 7 unspecified atom stereocenters. The van der Waals surface area contributed by atoms with Crippen LogP contribution in [0.4, 0.5) is 0 Å².